The summed E-state index contributed by atoms with van der Waals surface area (Å²) >= 11 is 3.18. The van der Waals surface area contributed by atoms with Crippen molar-refractivity contribution in [3.05, 3.63) is 34.1 Å². The summed E-state index contributed by atoms with van der Waals surface area (Å²) in [5.41, 5.74) is 5.60. The van der Waals surface area contributed by atoms with Gasteiger partial charge >= 0.3 is 0 Å². The van der Waals surface area contributed by atoms with E-state index < -0.39 is 11.6 Å². The van der Waals surface area contributed by atoms with E-state index in [1.165, 1.54) is 18.2 Å². The third-order valence-electron chi connectivity index (χ3n) is 1.96. The molecular formula is C10H13BrFNO. The van der Waals surface area contributed by atoms with Gasteiger partial charge in [0.25, 0.3) is 0 Å². The molecule has 2 nitrogen and oxygen atoms in total. The lowest BCUT2D eigenvalue weighted by Crippen LogP contribution is -2.39. The Morgan fingerprint density at radius 3 is 2.50 bits per heavy atom. The summed E-state index contributed by atoms with van der Waals surface area (Å²) < 4.78 is 13.3. The van der Waals surface area contributed by atoms with E-state index in [2.05, 4.69) is 15.9 Å². The average Bonchev–Trinajstić information content (AvgIpc) is 2.01. The maximum absolute atomic E-state index is 12.8. The molecule has 14 heavy (non-hydrogen) atoms. The van der Waals surface area contributed by atoms with Gasteiger partial charge in [0.05, 0.1) is 6.10 Å². The second-order valence-corrected chi connectivity index (χ2v) is 4.74. The molecule has 0 aliphatic rings. The summed E-state index contributed by atoms with van der Waals surface area (Å²) in [6.07, 6.45) is -0.822. The Bertz CT molecular complexity index is 335. The molecule has 78 valence electrons. The van der Waals surface area contributed by atoms with Gasteiger partial charge in [-0.15, -0.1) is 0 Å². The Balaban J connectivity index is 3.08. The summed E-state index contributed by atoms with van der Waals surface area (Å²) in [6.45, 7) is 3.43. The van der Waals surface area contributed by atoms with Gasteiger partial charge in [-0.3, -0.25) is 0 Å². The fourth-order valence-electron chi connectivity index (χ4n) is 1.12. The second kappa shape index (κ2) is 3.96. The number of aliphatic hydroxyl groups excluding tert-OH is 1. The Morgan fingerprint density at radius 1 is 1.50 bits per heavy atom. The van der Waals surface area contributed by atoms with Gasteiger partial charge in [-0.05, 0) is 31.5 Å². The average molecular weight is 262 g/mol. The molecule has 0 amide bonds. The van der Waals surface area contributed by atoms with Crippen molar-refractivity contribution in [2.24, 2.45) is 5.73 Å². The molecule has 3 N–H and O–H groups in total. The molecular weight excluding hydrogens is 249 g/mol. The van der Waals surface area contributed by atoms with Crippen LogP contribution in [0.1, 0.15) is 25.5 Å². The third kappa shape index (κ3) is 2.53. The van der Waals surface area contributed by atoms with Gasteiger partial charge in [0, 0.05) is 10.0 Å². The minimum atomic E-state index is -0.822. The maximum atomic E-state index is 12.8. The number of benzene rings is 1. The molecule has 1 atom stereocenters. The van der Waals surface area contributed by atoms with Crippen molar-refractivity contribution in [1.82, 2.24) is 0 Å². The van der Waals surface area contributed by atoms with Crippen LogP contribution in [0.15, 0.2) is 22.7 Å². The monoisotopic (exact) mass is 261 g/mol. The van der Waals surface area contributed by atoms with Gasteiger partial charge in [0.15, 0.2) is 0 Å². The second-order valence-electron chi connectivity index (χ2n) is 3.89. The molecule has 0 aromatic heterocycles. The van der Waals surface area contributed by atoms with E-state index in [9.17, 15) is 9.50 Å². The lowest BCUT2D eigenvalue weighted by Gasteiger charge is -2.26. The van der Waals surface area contributed by atoms with Gasteiger partial charge in [-0.2, -0.15) is 0 Å². The van der Waals surface area contributed by atoms with Gasteiger partial charge in [-0.25, -0.2) is 4.39 Å². The van der Waals surface area contributed by atoms with E-state index in [1.54, 1.807) is 13.8 Å². The fraction of sp³-hybridized carbons (Fsp3) is 0.400. The highest BCUT2D eigenvalue weighted by atomic mass is 79.9. The number of hydrogen-bond acceptors (Lipinski definition) is 2. The Morgan fingerprint density at radius 2 is 2.07 bits per heavy atom. The highest BCUT2D eigenvalue weighted by Gasteiger charge is 2.26. The molecule has 0 bridgehead atoms. The van der Waals surface area contributed by atoms with Gasteiger partial charge in [0.1, 0.15) is 5.82 Å². The van der Waals surface area contributed by atoms with E-state index in [-0.39, 0.29) is 5.82 Å². The molecule has 1 unspecified atom stereocenters. The first-order chi connectivity index (χ1) is 6.32. The van der Waals surface area contributed by atoms with Crippen LogP contribution in [0.4, 0.5) is 4.39 Å². The molecule has 0 aliphatic heterocycles. The topological polar surface area (TPSA) is 46.2 Å². The number of rotatable bonds is 2. The first kappa shape index (κ1) is 11.6. The lowest BCUT2D eigenvalue weighted by molar-refractivity contribution is 0.104. The SMILES string of the molecule is CC(C)(N)C(O)c1ccc(F)cc1Br. The normalized spacial score (nSPS) is 14.1. The van der Waals surface area contributed by atoms with Crippen LogP contribution >= 0.6 is 15.9 Å². The highest BCUT2D eigenvalue weighted by molar-refractivity contribution is 9.10. The minimum Gasteiger partial charge on any atom is -0.386 e. The third-order valence-corrected chi connectivity index (χ3v) is 2.65. The van der Waals surface area contributed by atoms with E-state index in [4.69, 9.17) is 5.73 Å². The molecule has 0 heterocycles. The van der Waals surface area contributed by atoms with Crippen molar-refractivity contribution in [2.45, 2.75) is 25.5 Å². The Labute approximate surface area is 91.1 Å². The molecule has 1 aromatic carbocycles. The van der Waals surface area contributed by atoms with Crippen molar-refractivity contribution >= 4 is 15.9 Å². The molecule has 1 aromatic rings. The van der Waals surface area contributed by atoms with Crippen molar-refractivity contribution in [2.75, 3.05) is 0 Å². The Hall–Kier alpha value is -0.450. The van der Waals surface area contributed by atoms with Gasteiger partial charge in [0.2, 0.25) is 0 Å². The zero-order chi connectivity index (χ0) is 10.9. The van der Waals surface area contributed by atoms with E-state index in [0.29, 0.717) is 10.0 Å². The minimum absolute atomic E-state index is 0.345. The van der Waals surface area contributed by atoms with E-state index in [0.717, 1.165) is 0 Å². The quantitative estimate of drug-likeness (QED) is 0.859. The Kier molecular flexibility index (Phi) is 3.29. The largest absolute Gasteiger partial charge is 0.386 e. The van der Waals surface area contributed by atoms with Crippen LogP contribution in [-0.2, 0) is 0 Å². The first-order valence-corrected chi connectivity index (χ1v) is 5.03. The first-order valence-electron chi connectivity index (χ1n) is 4.24. The summed E-state index contributed by atoms with van der Waals surface area (Å²) in [6, 6.07) is 4.14. The number of nitrogens with two attached hydrogens (primary N) is 1. The van der Waals surface area contributed by atoms with Crippen molar-refractivity contribution < 1.29 is 9.50 Å². The maximum Gasteiger partial charge on any atom is 0.124 e. The zero-order valence-corrected chi connectivity index (χ0v) is 9.68. The standard InChI is InChI=1S/C10H13BrFNO/c1-10(2,13)9(14)7-4-3-6(12)5-8(7)11/h3-5,9,14H,13H2,1-2H3. The zero-order valence-electron chi connectivity index (χ0n) is 8.09. The molecule has 4 heteroatoms. The van der Waals surface area contributed by atoms with E-state index >= 15 is 0 Å². The summed E-state index contributed by atoms with van der Waals surface area (Å²) in [7, 11) is 0. The van der Waals surface area contributed by atoms with Crippen molar-refractivity contribution in [3.63, 3.8) is 0 Å². The molecule has 1 rings (SSSR count). The van der Waals surface area contributed by atoms with Crippen LogP contribution in [0.25, 0.3) is 0 Å². The molecule has 0 spiro atoms. The lowest BCUT2D eigenvalue weighted by atomic mass is 9.92. The fourth-order valence-corrected chi connectivity index (χ4v) is 1.69. The predicted molar refractivity (Wildman–Crippen MR) is 57.3 cm³/mol. The molecule has 0 fully saturated rings. The van der Waals surface area contributed by atoms with Crippen LogP contribution in [0.2, 0.25) is 0 Å². The van der Waals surface area contributed by atoms with Crippen LogP contribution in [0.5, 0.6) is 0 Å². The van der Waals surface area contributed by atoms with Gasteiger partial charge in [-0.1, -0.05) is 22.0 Å². The molecule has 0 saturated heterocycles. The summed E-state index contributed by atoms with van der Waals surface area (Å²) in [5.74, 6) is -0.345. The van der Waals surface area contributed by atoms with Crippen molar-refractivity contribution in [1.29, 1.82) is 0 Å². The van der Waals surface area contributed by atoms with Crippen molar-refractivity contribution in [3.8, 4) is 0 Å². The number of hydrogen-bond donors (Lipinski definition) is 2. The smallest absolute Gasteiger partial charge is 0.124 e. The molecule has 0 saturated carbocycles. The van der Waals surface area contributed by atoms with Crippen LogP contribution in [-0.4, -0.2) is 10.6 Å². The number of halogens is 2. The molecule has 0 radical (unpaired) electrons. The highest BCUT2D eigenvalue weighted by Crippen LogP contribution is 2.29. The van der Waals surface area contributed by atoms with E-state index in [1.807, 2.05) is 0 Å². The van der Waals surface area contributed by atoms with Crippen LogP contribution in [0, 0.1) is 5.82 Å². The predicted octanol–water partition coefficient (Wildman–Crippen LogP) is 2.36. The molecule has 0 aliphatic carbocycles. The summed E-state index contributed by atoms with van der Waals surface area (Å²) in [5, 5.41) is 9.85. The van der Waals surface area contributed by atoms with Gasteiger partial charge < -0.3 is 10.8 Å². The summed E-state index contributed by atoms with van der Waals surface area (Å²) in [4.78, 5) is 0. The van der Waals surface area contributed by atoms with Crippen LogP contribution in [0.3, 0.4) is 0 Å². The number of aliphatic hydroxyl groups is 1. The van der Waals surface area contributed by atoms with Crippen LogP contribution < -0.4 is 5.73 Å².